The van der Waals surface area contributed by atoms with Crippen LogP contribution in [0.25, 0.3) is 0 Å². The minimum atomic E-state index is -1.08. The average molecular weight is 233 g/mol. The zero-order valence-corrected chi connectivity index (χ0v) is 9.12. The Kier molecular flexibility index (Phi) is 2.70. The van der Waals surface area contributed by atoms with Crippen molar-refractivity contribution in [2.24, 2.45) is 7.05 Å². The highest BCUT2D eigenvalue weighted by molar-refractivity contribution is 5.94. The Morgan fingerprint density at radius 1 is 1.47 bits per heavy atom. The predicted molar refractivity (Wildman–Crippen MR) is 61.1 cm³/mol. The summed E-state index contributed by atoms with van der Waals surface area (Å²) in [6, 6.07) is 4.48. The zero-order chi connectivity index (χ0) is 12.4. The van der Waals surface area contributed by atoms with Gasteiger partial charge in [0.15, 0.2) is 5.75 Å². The summed E-state index contributed by atoms with van der Waals surface area (Å²) in [6.07, 6.45) is 3.22. The van der Waals surface area contributed by atoms with Crippen molar-refractivity contribution in [3.63, 3.8) is 0 Å². The topological polar surface area (TPSA) is 90.4 Å². The van der Waals surface area contributed by atoms with E-state index in [1.54, 1.807) is 24.0 Å². The number of nitrogen functional groups attached to an aromatic ring is 1. The molecule has 6 heteroatoms. The fourth-order valence-electron chi connectivity index (χ4n) is 1.37. The summed E-state index contributed by atoms with van der Waals surface area (Å²) in [5.74, 6) is -0.141. The van der Waals surface area contributed by atoms with Crippen LogP contribution >= 0.6 is 0 Å². The number of carboxylic acids is 1. The normalized spacial score (nSPS) is 10.2. The number of nitrogens with zero attached hydrogens (tertiary/aromatic N) is 2. The predicted octanol–water partition coefficient (Wildman–Crippen LogP) is 1.49. The van der Waals surface area contributed by atoms with Crippen molar-refractivity contribution in [1.29, 1.82) is 0 Å². The van der Waals surface area contributed by atoms with E-state index in [1.165, 1.54) is 18.3 Å². The summed E-state index contributed by atoms with van der Waals surface area (Å²) in [5.41, 5.74) is 5.76. The summed E-state index contributed by atoms with van der Waals surface area (Å²) >= 11 is 0. The molecule has 0 aliphatic carbocycles. The fraction of sp³-hybridized carbons (Fsp3) is 0.0909. The van der Waals surface area contributed by atoms with Crippen molar-refractivity contribution < 1.29 is 14.6 Å². The second-order valence-electron chi connectivity index (χ2n) is 3.51. The highest BCUT2D eigenvalue weighted by atomic mass is 16.5. The molecular formula is C11H11N3O3. The second-order valence-corrected chi connectivity index (χ2v) is 3.51. The van der Waals surface area contributed by atoms with Gasteiger partial charge in [0.25, 0.3) is 0 Å². The van der Waals surface area contributed by atoms with Crippen LogP contribution in [0.3, 0.4) is 0 Å². The van der Waals surface area contributed by atoms with Crippen molar-refractivity contribution >= 4 is 11.7 Å². The van der Waals surface area contributed by atoms with E-state index in [2.05, 4.69) is 5.10 Å². The Hall–Kier alpha value is -2.50. The van der Waals surface area contributed by atoms with Crippen molar-refractivity contribution in [1.82, 2.24) is 9.78 Å². The van der Waals surface area contributed by atoms with Crippen molar-refractivity contribution in [2.75, 3.05) is 5.73 Å². The summed E-state index contributed by atoms with van der Waals surface area (Å²) in [4.78, 5) is 10.9. The molecule has 3 N–H and O–H groups in total. The second kappa shape index (κ2) is 4.17. The molecule has 0 saturated carbocycles. The third-order valence-corrected chi connectivity index (χ3v) is 2.17. The number of aromatic nitrogens is 2. The lowest BCUT2D eigenvalue weighted by molar-refractivity contribution is 0.0697. The molecule has 6 nitrogen and oxygen atoms in total. The van der Waals surface area contributed by atoms with E-state index < -0.39 is 5.97 Å². The smallest absolute Gasteiger partial charge is 0.337 e. The molecule has 2 aromatic rings. The maximum Gasteiger partial charge on any atom is 0.337 e. The van der Waals surface area contributed by atoms with Crippen LogP contribution in [-0.4, -0.2) is 20.9 Å². The molecule has 0 fully saturated rings. The first-order valence-electron chi connectivity index (χ1n) is 4.85. The van der Waals surface area contributed by atoms with Gasteiger partial charge in [-0.3, -0.25) is 4.68 Å². The molecule has 1 aromatic carbocycles. The number of carbonyl (C=O) groups is 1. The van der Waals surface area contributed by atoms with Crippen LogP contribution in [0.15, 0.2) is 30.6 Å². The van der Waals surface area contributed by atoms with Gasteiger partial charge in [0, 0.05) is 12.7 Å². The Morgan fingerprint density at radius 2 is 2.24 bits per heavy atom. The van der Waals surface area contributed by atoms with E-state index in [0.717, 1.165) is 0 Å². The first kappa shape index (κ1) is 11.0. The fourth-order valence-corrected chi connectivity index (χ4v) is 1.37. The molecular weight excluding hydrogens is 222 g/mol. The number of rotatable bonds is 3. The number of anilines is 1. The summed E-state index contributed by atoms with van der Waals surface area (Å²) in [5, 5.41) is 12.8. The standard InChI is InChI=1S/C11H11N3O3/c1-14-6-8(5-13-14)17-7-2-3-10(12)9(4-7)11(15)16/h2-6H,12H2,1H3,(H,15,16). The third kappa shape index (κ3) is 2.36. The average Bonchev–Trinajstić information content (AvgIpc) is 2.66. The van der Waals surface area contributed by atoms with E-state index >= 15 is 0 Å². The Morgan fingerprint density at radius 3 is 2.82 bits per heavy atom. The molecule has 0 aliphatic heterocycles. The molecule has 0 saturated heterocycles. The van der Waals surface area contributed by atoms with Crippen LogP contribution in [-0.2, 0) is 7.05 Å². The lowest BCUT2D eigenvalue weighted by atomic mass is 10.2. The van der Waals surface area contributed by atoms with E-state index in [1.807, 2.05) is 0 Å². The Labute approximate surface area is 97.2 Å². The summed E-state index contributed by atoms with van der Waals surface area (Å²) in [6.45, 7) is 0. The van der Waals surface area contributed by atoms with Gasteiger partial charge < -0.3 is 15.6 Å². The molecule has 17 heavy (non-hydrogen) atoms. The number of aryl methyl sites for hydroxylation is 1. The number of ether oxygens (including phenoxy) is 1. The molecule has 0 amide bonds. The maximum absolute atomic E-state index is 10.9. The van der Waals surface area contributed by atoms with Gasteiger partial charge in [-0.15, -0.1) is 0 Å². The van der Waals surface area contributed by atoms with E-state index in [0.29, 0.717) is 11.5 Å². The highest BCUT2D eigenvalue weighted by Gasteiger charge is 2.10. The van der Waals surface area contributed by atoms with Gasteiger partial charge in [-0.2, -0.15) is 5.10 Å². The highest BCUT2D eigenvalue weighted by Crippen LogP contribution is 2.24. The van der Waals surface area contributed by atoms with Gasteiger partial charge in [0.2, 0.25) is 0 Å². The van der Waals surface area contributed by atoms with Crippen LogP contribution in [0, 0.1) is 0 Å². The van der Waals surface area contributed by atoms with Gasteiger partial charge >= 0.3 is 5.97 Å². The van der Waals surface area contributed by atoms with E-state index in [4.69, 9.17) is 15.6 Å². The Balaban J connectivity index is 2.28. The monoisotopic (exact) mass is 233 g/mol. The number of benzene rings is 1. The van der Waals surface area contributed by atoms with Crippen molar-refractivity contribution in [3.8, 4) is 11.5 Å². The number of hydrogen-bond donors (Lipinski definition) is 2. The van der Waals surface area contributed by atoms with Gasteiger partial charge in [0.05, 0.1) is 18.0 Å². The summed E-state index contributed by atoms with van der Waals surface area (Å²) in [7, 11) is 1.76. The van der Waals surface area contributed by atoms with Crippen LogP contribution in [0.4, 0.5) is 5.69 Å². The molecule has 0 radical (unpaired) electrons. The molecule has 1 aromatic heterocycles. The molecule has 0 spiro atoms. The molecule has 0 unspecified atom stereocenters. The largest absolute Gasteiger partial charge is 0.478 e. The quantitative estimate of drug-likeness (QED) is 0.784. The van der Waals surface area contributed by atoms with Gasteiger partial charge in [-0.05, 0) is 18.2 Å². The lowest BCUT2D eigenvalue weighted by Crippen LogP contribution is -2.02. The first-order valence-corrected chi connectivity index (χ1v) is 4.85. The number of nitrogens with two attached hydrogens (primary N) is 1. The molecule has 0 aliphatic rings. The van der Waals surface area contributed by atoms with Gasteiger partial charge in [-0.25, -0.2) is 4.79 Å². The van der Waals surface area contributed by atoms with Crippen molar-refractivity contribution in [3.05, 3.63) is 36.2 Å². The van der Waals surface area contributed by atoms with Gasteiger partial charge in [0.1, 0.15) is 5.75 Å². The zero-order valence-electron chi connectivity index (χ0n) is 9.12. The molecule has 2 rings (SSSR count). The van der Waals surface area contributed by atoms with Crippen LogP contribution in [0.2, 0.25) is 0 Å². The minimum Gasteiger partial charge on any atom is -0.478 e. The third-order valence-electron chi connectivity index (χ3n) is 2.17. The van der Waals surface area contributed by atoms with E-state index in [9.17, 15) is 4.79 Å². The SMILES string of the molecule is Cn1cc(Oc2ccc(N)c(C(=O)O)c2)cn1. The van der Waals surface area contributed by atoms with Crippen LogP contribution in [0.5, 0.6) is 11.5 Å². The molecule has 0 atom stereocenters. The number of carboxylic acid groups (broad SMARTS) is 1. The maximum atomic E-state index is 10.9. The van der Waals surface area contributed by atoms with Crippen molar-refractivity contribution in [2.45, 2.75) is 0 Å². The summed E-state index contributed by atoms with van der Waals surface area (Å²) < 4.78 is 7.03. The Bertz CT molecular complexity index is 563. The minimum absolute atomic E-state index is 0.0198. The molecule has 0 bridgehead atoms. The van der Waals surface area contributed by atoms with E-state index in [-0.39, 0.29) is 11.3 Å². The van der Waals surface area contributed by atoms with Crippen LogP contribution in [0.1, 0.15) is 10.4 Å². The van der Waals surface area contributed by atoms with Crippen LogP contribution < -0.4 is 10.5 Å². The molecule has 1 heterocycles. The molecule has 88 valence electrons. The first-order chi connectivity index (χ1) is 8.06. The number of aromatic carboxylic acids is 1. The number of hydrogen-bond acceptors (Lipinski definition) is 4. The lowest BCUT2D eigenvalue weighted by Gasteiger charge is -2.05. The van der Waals surface area contributed by atoms with Gasteiger partial charge in [-0.1, -0.05) is 0 Å².